The van der Waals surface area contributed by atoms with Gasteiger partial charge in [0.25, 0.3) is 5.91 Å². The Labute approximate surface area is 198 Å². The predicted molar refractivity (Wildman–Crippen MR) is 125 cm³/mol. The van der Waals surface area contributed by atoms with Gasteiger partial charge in [0.05, 0.1) is 35.0 Å². The summed E-state index contributed by atoms with van der Waals surface area (Å²) in [7, 11) is 0. The third-order valence-electron chi connectivity index (χ3n) is 4.43. The molecular weight excluding hydrogens is 458 g/mol. The molecule has 3 aromatic rings. The molecule has 0 saturated carbocycles. The summed E-state index contributed by atoms with van der Waals surface area (Å²) in [6.45, 7) is 4.34. The van der Waals surface area contributed by atoms with Crippen LogP contribution in [0.4, 0.5) is 11.4 Å². The van der Waals surface area contributed by atoms with Gasteiger partial charge in [0.1, 0.15) is 12.4 Å². The Hall–Kier alpha value is -5.00. The zero-order chi connectivity index (χ0) is 25.4. The zero-order valence-electron chi connectivity index (χ0n) is 18.5. The van der Waals surface area contributed by atoms with Gasteiger partial charge < -0.3 is 29.9 Å². The Morgan fingerprint density at radius 2 is 1.91 bits per heavy atom. The lowest BCUT2D eigenvalue weighted by Gasteiger charge is -2.06. The number of ether oxygens (including phenoxy) is 2. The molecule has 1 heterocycles. The van der Waals surface area contributed by atoms with Crippen LogP contribution in [0.25, 0.3) is 11.0 Å². The van der Waals surface area contributed by atoms with Crippen molar-refractivity contribution >= 4 is 40.3 Å². The molecule has 0 radical (unpaired) electrons. The fourth-order valence-corrected chi connectivity index (χ4v) is 2.85. The zero-order valence-corrected chi connectivity index (χ0v) is 18.5. The first-order valence-electron chi connectivity index (χ1n) is 10.2. The molecular formula is C23H21N5O7. The van der Waals surface area contributed by atoms with E-state index in [0.717, 1.165) is 6.26 Å². The molecule has 12 nitrogen and oxygen atoms in total. The van der Waals surface area contributed by atoms with Gasteiger partial charge in [0.15, 0.2) is 5.70 Å². The number of aromatic amines is 2. The fourth-order valence-electron chi connectivity index (χ4n) is 2.85. The molecule has 0 saturated heterocycles. The summed E-state index contributed by atoms with van der Waals surface area (Å²) in [5.74, 6) is -2.41. The van der Waals surface area contributed by atoms with E-state index in [1.807, 2.05) is 0 Å². The summed E-state index contributed by atoms with van der Waals surface area (Å²) in [6, 6.07) is 10.6. The maximum atomic E-state index is 12.6. The number of H-pyrrole nitrogens is 2. The number of imidazole rings is 1. The van der Waals surface area contributed by atoms with Crippen LogP contribution in [0, 0.1) is 0 Å². The third-order valence-corrected chi connectivity index (χ3v) is 4.43. The lowest BCUT2D eigenvalue weighted by Crippen LogP contribution is -2.14. The highest BCUT2D eigenvalue weighted by Gasteiger charge is 2.15. The number of allylic oxidation sites excluding steroid dienone is 1. The number of rotatable bonds is 9. The fraction of sp³-hybridized carbons (Fsp3) is 0.130. The molecule has 0 aliphatic heterocycles. The highest BCUT2D eigenvalue weighted by Crippen LogP contribution is 2.20. The maximum Gasteiger partial charge on any atom is 0.338 e. The van der Waals surface area contributed by atoms with Crippen molar-refractivity contribution in [2.45, 2.75) is 13.3 Å². The minimum Gasteiger partial charge on any atom is -0.510 e. The maximum absolute atomic E-state index is 12.6. The van der Waals surface area contributed by atoms with Crippen LogP contribution in [0.15, 0.2) is 81.8 Å². The number of carbonyl (C=O) groups excluding carboxylic acids is 3. The molecule has 0 aliphatic carbocycles. The summed E-state index contributed by atoms with van der Waals surface area (Å²) < 4.78 is 9.55. The summed E-state index contributed by atoms with van der Waals surface area (Å²) in [6.07, 6.45) is 0.849. The second-order valence-electron chi connectivity index (χ2n) is 7.02. The molecule has 0 aliphatic rings. The van der Waals surface area contributed by atoms with Crippen LogP contribution in [0.2, 0.25) is 0 Å². The van der Waals surface area contributed by atoms with Crippen molar-refractivity contribution in [3.05, 3.63) is 82.8 Å². The van der Waals surface area contributed by atoms with Crippen molar-refractivity contribution in [3.8, 4) is 0 Å². The SMILES string of the molecule is C=COC(=O)CCOC(=O)c1cccc(N=N/C(C(=O)Nc2ccc3[nH]c(=O)[nH]c3c2)=C(\C)O)c1. The number of nitrogens with one attached hydrogen (secondary N) is 3. The number of anilines is 1. The molecule has 2 aromatic carbocycles. The molecule has 0 spiro atoms. The Morgan fingerprint density at radius 1 is 1.14 bits per heavy atom. The minimum atomic E-state index is -0.743. The van der Waals surface area contributed by atoms with E-state index in [1.54, 1.807) is 18.2 Å². The number of carbonyl (C=O) groups is 3. The van der Waals surface area contributed by atoms with Gasteiger partial charge in [0.2, 0.25) is 0 Å². The summed E-state index contributed by atoms with van der Waals surface area (Å²) in [4.78, 5) is 52.6. The molecule has 12 heteroatoms. The van der Waals surface area contributed by atoms with Crippen LogP contribution >= 0.6 is 0 Å². The molecule has 0 unspecified atom stereocenters. The van der Waals surface area contributed by atoms with Gasteiger partial charge in [-0.15, -0.1) is 5.11 Å². The number of benzene rings is 2. The number of azo groups is 1. The van der Waals surface area contributed by atoms with E-state index in [2.05, 4.69) is 36.8 Å². The summed E-state index contributed by atoms with van der Waals surface area (Å²) in [5.41, 5.74) is 1.02. The number of amides is 1. The lowest BCUT2D eigenvalue weighted by atomic mass is 10.2. The van der Waals surface area contributed by atoms with Gasteiger partial charge in [0, 0.05) is 5.69 Å². The van der Waals surface area contributed by atoms with Crippen molar-refractivity contribution < 1.29 is 29.0 Å². The first kappa shape index (κ1) is 24.6. The molecule has 3 rings (SSSR count). The van der Waals surface area contributed by atoms with Crippen LogP contribution in [0.3, 0.4) is 0 Å². The molecule has 35 heavy (non-hydrogen) atoms. The second-order valence-corrected chi connectivity index (χ2v) is 7.02. The average molecular weight is 479 g/mol. The van der Waals surface area contributed by atoms with E-state index in [0.29, 0.717) is 16.7 Å². The highest BCUT2D eigenvalue weighted by molar-refractivity contribution is 6.04. The smallest absolute Gasteiger partial charge is 0.338 e. The van der Waals surface area contributed by atoms with E-state index < -0.39 is 17.8 Å². The molecule has 0 atom stereocenters. The van der Waals surface area contributed by atoms with Crippen molar-refractivity contribution in [3.63, 3.8) is 0 Å². The average Bonchev–Trinajstić information content (AvgIpc) is 3.18. The van der Waals surface area contributed by atoms with Crippen LogP contribution in [0.1, 0.15) is 23.7 Å². The Balaban J connectivity index is 1.67. The van der Waals surface area contributed by atoms with Crippen LogP contribution in [0.5, 0.6) is 0 Å². The quantitative estimate of drug-likeness (QED) is 0.157. The van der Waals surface area contributed by atoms with Crippen LogP contribution < -0.4 is 11.0 Å². The van der Waals surface area contributed by atoms with E-state index in [9.17, 15) is 24.3 Å². The molecule has 4 N–H and O–H groups in total. The number of nitrogens with zero attached hydrogens (tertiary/aromatic N) is 2. The molecule has 0 fully saturated rings. The Kier molecular flexibility index (Phi) is 7.90. The number of aliphatic hydroxyl groups is 1. The number of aliphatic hydroxyl groups excluding tert-OH is 1. The molecule has 1 amide bonds. The van der Waals surface area contributed by atoms with Gasteiger partial charge >= 0.3 is 17.6 Å². The number of aromatic nitrogens is 2. The predicted octanol–water partition coefficient (Wildman–Crippen LogP) is 3.60. The normalized spacial score (nSPS) is 11.7. The summed E-state index contributed by atoms with van der Waals surface area (Å²) in [5, 5.41) is 20.2. The number of fused-ring (bicyclic) bond motifs is 1. The van der Waals surface area contributed by atoms with Crippen molar-refractivity contribution in [2.75, 3.05) is 11.9 Å². The van der Waals surface area contributed by atoms with Crippen LogP contribution in [-0.4, -0.2) is 39.5 Å². The number of hydrogen-bond acceptors (Lipinski definition) is 9. The number of esters is 2. The molecule has 0 bridgehead atoms. The highest BCUT2D eigenvalue weighted by atomic mass is 16.5. The monoisotopic (exact) mass is 479 g/mol. The van der Waals surface area contributed by atoms with Crippen molar-refractivity contribution in [1.82, 2.24) is 9.97 Å². The van der Waals surface area contributed by atoms with Gasteiger partial charge in [-0.05, 0) is 43.3 Å². The van der Waals surface area contributed by atoms with Gasteiger partial charge in [-0.3, -0.25) is 9.59 Å². The van der Waals surface area contributed by atoms with Crippen LogP contribution in [-0.2, 0) is 19.1 Å². The standard InChI is InChI=1S/C23H21N5O7/c1-3-34-19(30)9-10-35-22(32)14-5-4-6-16(11-14)27-28-20(13(2)29)21(31)24-15-7-8-17-18(12-15)26-23(33)25-17/h3-8,11-12,29H,1,9-10H2,2H3,(H,24,31)(H2,25,26,33)/b20-13+,28-27?. The third kappa shape index (κ3) is 6.74. The molecule has 1 aromatic heterocycles. The van der Waals surface area contributed by atoms with Crippen molar-refractivity contribution in [1.29, 1.82) is 0 Å². The van der Waals surface area contributed by atoms with Gasteiger partial charge in [-0.25, -0.2) is 9.59 Å². The van der Waals surface area contributed by atoms with Gasteiger partial charge in [-0.2, -0.15) is 5.11 Å². The summed E-state index contributed by atoms with van der Waals surface area (Å²) >= 11 is 0. The Morgan fingerprint density at radius 3 is 2.66 bits per heavy atom. The molecule has 180 valence electrons. The van der Waals surface area contributed by atoms with E-state index in [1.165, 1.54) is 31.2 Å². The van der Waals surface area contributed by atoms with E-state index in [4.69, 9.17) is 4.74 Å². The lowest BCUT2D eigenvalue weighted by molar-refractivity contribution is -0.138. The minimum absolute atomic E-state index is 0.136. The first-order valence-corrected chi connectivity index (χ1v) is 10.2. The Bertz CT molecular complexity index is 1400. The van der Waals surface area contributed by atoms with Crippen molar-refractivity contribution in [2.24, 2.45) is 10.2 Å². The van der Waals surface area contributed by atoms with E-state index >= 15 is 0 Å². The second kappa shape index (κ2) is 11.2. The largest absolute Gasteiger partial charge is 0.510 e. The van der Waals surface area contributed by atoms with Gasteiger partial charge in [-0.1, -0.05) is 12.6 Å². The number of hydrogen-bond donors (Lipinski definition) is 4. The first-order chi connectivity index (χ1) is 16.8. The topological polar surface area (TPSA) is 175 Å². The van der Waals surface area contributed by atoms with E-state index in [-0.39, 0.29) is 41.4 Å².